The SMILES string of the molecule is CCC(C)C(NC(=O)NCCN(C)C1CC1)C(=O)O. The molecule has 1 aliphatic rings. The molecular formula is C13H25N3O3. The summed E-state index contributed by atoms with van der Waals surface area (Å²) in [6.45, 7) is 5.05. The van der Waals surface area contributed by atoms with Gasteiger partial charge in [-0.25, -0.2) is 9.59 Å². The second-order valence-corrected chi connectivity index (χ2v) is 5.31. The van der Waals surface area contributed by atoms with Crippen molar-refractivity contribution in [2.75, 3.05) is 20.1 Å². The maximum absolute atomic E-state index is 11.6. The average molecular weight is 271 g/mol. The summed E-state index contributed by atoms with van der Waals surface area (Å²) in [6, 6.07) is -0.570. The minimum Gasteiger partial charge on any atom is -0.480 e. The molecule has 1 aliphatic carbocycles. The first-order valence-electron chi connectivity index (χ1n) is 6.93. The van der Waals surface area contributed by atoms with Crippen LogP contribution < -0.4 is 10.6 Å². The quantitative estimate of drug-likeness (QED) is 0.612. The second kappa shape index (κ2) is 7.33. The van der Waals surface area contributed by atoms with Crippen LogP contribution in [0.3, 0.4) is 0 Å². The lowest BCUT2D eigenvalue weighted by molar-refractivity contribution is -0.140. The van der Waals surface area contributed by atoms with Crippen LogP contribution in [0.25, 0.3) is 0 Å². The molecule has 3 N–H and O–H groups in total. The summed E-state index contributed by atoms with van der Waals surface area (Å²) in [5.41, 5.74) is 0. The molecule has 0 aromatic heterocycles. The Morgan fingerprint density at radius 1 is 1.42 bits per heavy atom. The monoisotopic (exact) mass is 271 g/mol. The van der Waals surface area contributed by atoms with Crippen molar-refractivity contribution in [1.29, 1.82) is 0 Å². The summed E-state index contributed by atoms with van der Waals surface area (Å²) in [4.78, 5) is 24.9. The molecule has 2 amide bonds. The van der Waals surface area contributed by atoms with Gasteiger partial charge >= 0.3 is 12.0 Å². The van der Waals surface area contributed by atoms with Gasteiger partial charge in [-0.3, -0.25) is 0 Å². The van der Waals surface area contributed by atoms with Gasteiger partial charge in [0.2, 0.25) is 0 Å². The van der Waals surface area contributed by atoms with E-state index < -0.39 is 18.0 Å². The van der Waals surface area contributed by atoms with Gasteiger partial charge in [0.25, 0.3) is 0 Å². The zero-order chi connectivity index (χ0) is 14.4. The number of likely N-dealkylation sites (N-methyl/N-ethyl adjacent to an activating group) is 1. The Morgan fingerprint density at radius 2 is 2.05 bits per heavy atom. The summed E-state index contributed by atoms with van der Waals surface area (Å²) in [5.74, 6) is -1.07. The third-order valence-corrected chi connectivity index (χ3v) is 3.69. The number of urea groups is 1. The van der Waals surface area contributed by atoms with Crippen LogP contribution in [0.4, 0.5) is 4.79 Å². The lowest BCUT2D eigenvalue weighted by Gasteiger charge is -2.21. The van der Waals surface area contributed by atoms with Crippen molar-refractivity contribution in [3.8, 4) is 0 Å². The Hall–Kier alpha value is -1.30. The molecule has 110 valence electrons. The number of hydrogen-bond donors (Lipinski definition) is 3. The summed E-state index contributed by atoms with van der Waals surface area (Å²) in [6.07, 6.45) is 3.18. The van der Waals surface area contributed by atoms with Crippen LogP contribution in [0.2, 0.25) is 0 Å². The fourth-order valence-electron chi connectivity index (χ4n) is 1.92. The lowest BCUT2D eigenvalue weighted by atomic mass is 9.99. The van der Waals surface area contributed by atoms with Gasteiger partial charge in [-0.15, -0.1) is 0 Å². The van der Waals surface area contributed by atoms with Crippen molar-refractivity contribution < 1.29 is 14.7 Å². The van der Waals surface area contributed by atoms with Crippen LogP contribution in [0.5, 0.6) is 0 Å². The van der Waals surface area contributed by atoms with Crippen molar-refractivity contribution in [3.05, 3.63) is 0 Å². The van der Waals surface area contributed by atoms with Gasteiger partial charge in [0, 0.05) is 19.1 Å². The number of hydrogen-bond acceptors (Lipinski definition) is 3. The smallest absolute Gasteiger partial charge is 0.326 e. The topological polar surface area (TPSA) is 81.7 Å². The zero-order valence-corrected chi connectivity index (χ0v) is 12.0. The average Bonchev–Trinajstić information content (AvgIpc) is 3.18. The molecular weight excluding hydrogens is 246 g/mol. The van der Waals surface area contributed by atoms with E-state index in [4.69, 9.17) is 5.11 Å². The molecule has 6 nitrogen and oxygen atoms in total. The largest absolute Gasteiger partial charge is 0.480 e. The van der Waals surface area contributed by atoms with E-state index in [1.165, 1.54) is 12.8 Å². The maximum atomic E-state index is 11.6. The summed E-state index contributed by atoms with van der Waals surface area (Å²) in [7, 11) is 2.04. The number of nitrogens with one attached hydrogen (secondary N) is 2. The van der Waals surface area contributed by atoms with Crippen LogP contribution in [0, 0.1) is 5.92 Å². The number of carbonyl (C=O) groups is 2. The zero-order valence-electron chi connectivity index (χ0n) is 12.0. The van der Waals surface area contributed by atoms with Crippen molar-refractivity contribution in [2.45, 2.75) is 45.2 Å². The highest BCUT2D eigenvalue weighted by Crippen LogP contribution is 2.24. The number of aliphatic carboxylic acids is 1. The van der Waals surface area contributed by atoms with E-state index in [0.717, 1.165) is 6.54 Å². The molecule has 1 rings (SSSR count). The third kappa shape index (κ3) is 5.46. The van der Waals surface area contributed by atoms with Crippen molar-refractivity contribution in [2.24, 2.45) is 5.92 Å². The lowest BCUT2D eigenvalue weighted by Crippen LogP contribution is -2.50. The van der Waals surface area contributed by atoms with E-state index in [2.05, 4.69) is 15.5 Å². The molecule has 2 atom stereocenters. The molecule has 0 bridgehead atoms. The molecule has 6 heteroatoms. The van der Waals surface area contributed by atoms with E-state index >= 15 is 0 Å². The molecule has 0 saturated heterocycles. The minimum atomic E-state index is -0.986. The van der Waals surface area contributed by atoms with Gasteiger partial charge in [-0.05, 0) is 25.8 Å². The van der Waals surface area contributed by atoms with Gasteiger partial charge in [0.05, 0.1) is 0 Å². The van der Waals surface area contributed by atoms with Crippen molar-refractivity contribution >= 4 is 12.0 Å². The van der Waals surface area contributed by atoms with Gasteiger partial charge in [0.15, 0.2) is 0 Å². The molecule has 1 saturated carbocycles. The van der Waals surface area contributed by atoms with Gasteiger partial charge in [-0.1, -0.05) is 20.3 Å². The second-order valence-electron chi connectivity index (χ2n) is 5.31. The summed E-state index contributed by atoms with van der Waals surface area (Å²) in [5, 5.41) is 14.3. The number of carboxylic acids is 1. The molecule has 0 spiro atoms. The number of rotatable bonds is 8. The summed E-state index contributed by atoms with van der Waals surface area (Å²) >= 11 is 0. The Morgan fingerprint density at radius 3 is 2.53 bits per heavy atom. The first kappa shape index (κ1) is 15.8. The van der Waals surface area contributed by atoms with E-state index in [-0.39, 0.29) is 5.92 Å². The molecule has 0 radical (unpaired) electrons. The van der Waals surface area contributed by atoms with Gasteiger partial charge in [-0.2, -0.15) is 0 Å². The van der Waals surface area contributed by atoms with Crippen LogP contribution >= 0.6 is 0 Å². The predicted octanol–water partition coefficient (Wildman–Crippen LogP) is 0.879. The fraction of sp³-hybridized carbons (Fsp3) is 0.846. The highest BCUT2D eigenvalue weighted by Gasteiger charge is 2.26. The Bertz CT molecular complexity index is 318. The Labute approximate surface area is 114 Å². The van der Waals surface area contributed by atoms with Crippen LogP contribution in [-0.4, -0.2) is 54.2 Å². The van der Waals surface area contributed by atoms with Crippen LogP contribution in [-0.2, 0) is 4.79 Å². The maximum Gasteiger partial charge on any atom is 0.326 e. The first-order valence-corrected chi connectivity index (χ1v) is 6.93. The van der Waals surface area contributed by atoms with Crippen molar-refractivity contribution in [3.63, 3.8) is 0 Å². The van der Waals surface area contributed by atoms with Crippen LogP contribution in [0.1, 0.15) is 33.1 Å². The number of carbonyl (C=O) groups excluding carboxylic acids is 1. The van der Waals surface area contributed by atoms with Crippen LogP contribution in [0.15, 0.2) is 0 Å². The fourth-order valence-corrected chi connectivity index (χ4v) is 1.92. The van der Waals surface area contributed by atoms with Gasteiger partial charge < -0.3 is 20.6 Å². The molecule has 0 heterocycles. The molecule has 0 aromatic carbocycles. The highest BCUT2D eigenvalue weighted by molar-refractivity contribution is 5.82. The molecule has 0 aromatic rings. The molecule has 1 fully saturated rings. The first-order chi connectivity index (χ1) is 8.95. The Kier molecular flexibility index (Phi) is 6.08. The van der Waals surface area contributed by atoms with Crippen molar-refractivity contribution in [1.82, 2.24) is 15.5 Å². The molecule has 2 unspecified atom stereocenters. The number of nitrogens with zero attached hydrogens (tertiary/aromatic N) is 1. The number of carboxylic acid groups (broad SMARTS) is 1. The molecule has 19 heavy (non-hydrogen) atoms. The minimum absolute atomic E-state index is 0.0858. The Balaban J connectivity index is 2.25. The standard InChI is InChI=1S/C13H25N3O3/c1-4-9(2)11(12(17)18)15-13(19)14-7-8-16(3)10-5-6-10/h9-11H,4-8H2,1-3H3,(H,17,18)(H2,14,15,19). The van der Waals surface area contributed by atoms with E-state index in [1.54, 1.807) is 0 Å². The van der Waals surface area contributed by atoms with Gasteiger partial charge in [0.1, 0.15) is 6.04 Å². The predicted molar refractivity (Wildman–Crippen MR) is 73.1 cm³/mol. The third-order valence-electron chi connectivity index (χ3n) is 3.69. The normalized spacial score (nSPS) is 17.9. The number of amides is 2. The highest BCUT2D eigenvalue weighted by atomic mass is 16.4. The summed E-state index contributed by atoms with van der Waals surface area (Å²) < 4.78 is 0. The van der Waals surface area contributed by atoms with E-state index in [9.17, 15) is 9.59 Å². The van der Waals surface area contributed by atoms with E-state index in [0.29, 0.717) is 19.0 Å². The molecule has 0 aliphatic heterocycles. The van der Waals surface area contributed by atoms with E-state index in [1.807, 2.05) is 20.9 Å².